The molecule has 4 heteroatoms. The number of aromatic nitrogens is 1. The molecule has 138 valence electrons. The van der Waals surface area contributed by atoms with Gasteiger partial charge in [-0.25, -0.2) is 4.98 Å². The number of anilines is 1. The van der Waals surface area contributed by atoms with E-state index >= 15 is 0 Å². The Morgan fingerprint density at radius 1 is 1.12 bits per heavy atom. The molecular weight excluding hydrogens is 324 g/mol. The molecule has 0 amide bonds. The van der Waals surface area contributed by atoms with Crippen LogP contribution in [0, 0.1) is 5.92 Å². The SMILES string of the molecule is CC1Cc2c(nc(C3CCCC3)c(C(O)O)c2-c2ccccc2)N(C)C1. The van der Waals surface area contributed by atoms with Gasteiger partial charge in [0.2, 0.25) is 0 Å². The van der Waals surface area contributed by atoms with Crippen molar-refractivity contribution >= 4 is 5.82 Å². The highest BCUT2D eigenvalue weighted by atomic mass is 16.5. The number of fused-ring (bicyclic) bond motifs is 1. The number of aliphatic hydroxyl groups is 2. The van der Waals surface area contributed by atoms with Crippen LogP contribution in [0.2, 0.25) is 0 Å². The lowest BCUT2D eigenvalue weighted by Gasteiger charge is -2.35. The second-order valence-corrected chi connectivity index (χ2v) is 8.00. The fourth-order valence-corrected chi connectivity index (χ4v) is 4.83. The van der Waals surface area contributed by atoms with Gasteiger partial charge in [-0.05, 0) is 36.3 Å². The Labute approximate surface area is 155 Å². The predicted molar refractivity (Wildman–Crippen MR) is 104 cm³/mol. The average Bonchev–Trinajstić information content (AvgIpc) is 3.15. The zero-order valence-electron chi connectivity index (χ0n) is 15.7. The number of aliphatic hydroxyl groups excluding tert-OH is 1. The summed E-state index contributed by atoms with van der Waals surface area (Å²) in [5.41, 5.74) is 4.73. The van der Waals surface area contributed by atoms with Crippen LogP contribution in [0.4, 0.5) is 5.82 Å². The summed E-state index contributed by atoms with van der Waals surface area (Å²) >= 11 is 0. The standard InChI is InChI=1S/C22H28N2O2/c1-14-12-17-18(15-8-4-3-5-9-15)19(22(25)26)20(16-10-6-7-11-16)23-21(17)24(2)13-14/h3-5,8-9,14,16,22,25-26H,6-7,10-13H2,1-2H3. The van der Waals surface area contributed by atoms with Crippen LogP contribution in [-0.4, -0.2) is 28.8 Å². The van der Waals surface area contributed by atoms with Crippen molar-refractivity contribution in [2.75, 3.05) is 18.5 Å². The van der Waals surface area contributed by atoms with Gasteiger partial charge < -0.3 is 15.1 Å². The van der Waals surface area contributed by atoms with Crippen LogP contribution in [0.25, 0.3) is 11.1 Å². The highest BCUT2D eigenvalue weighted by Gasteiger charge is 2.33. The van der Waals surface area contributed by atoms with Gasteiger partial charge in [-0.1, -0.05) is 50.1 Å². The first-order valence-electron chi connectivity index (χ1n) is 9.75. The predicted octanol–water partition coefficient (Wildman–Crippen LogP) is 4.02. The highest BCUT2D eigenvalue weighted by Crippen LogP contribution is 2.45. The molecule has 2 heterocycles. The van der Waals surface area contributed by atoms with E-state index in [1.807, 2.05) is 18.2 Å². The summed E-state index contributed by atoms with van der Waals surface area (Å²) in [5, 5.41) is 20.7. The summed E-state index contributed by atoms with van der Waals surface area (Å²) in [6.07, 6.45) is 3.97. The van der Waals surface area contributed by atoms with Crippen molar-refractivity contribution in [1.29, 1.82) is 0 Å². The van der Waals surface area contributed by atoms with Crippen molar-refractivity contribution in [3.63, 3.8) is 0 Å². The molecule has 2 N–H and O–H groups in total. The van der Waals surface area contributed by atoms with Crippen molar-refractivity contribution in [1.82, 2.24) is 4.98 Å². The Morgan fingerprint density at radius 2 is 1.81 bits per heavy atom. The third-order valence-electron chi connectivity index (χ3n) is 5.91. The Bertz CT molecular complexity index is 782. The molecule has 1 aromatic carbocycles. The first-order chi connectivity index (χ1) is 12.6. The quantitative estimate of drug-likeness (QED) is 0.819. The van der Waals surface area contributed by atoms with Crippen LogP contribution < -0.4 is 4.90 Å². The maximum absolute atomic E-state index is 10.3. The van der Waals surface area contributed by atoms with Gasteiger partial charge in [0.15, 0.2) is 6.29 Å². The largest absolute Gasteiger partial charge is 0.364 e. The zero-order chi connectivity index (χ0) is 18.3. The second-order valence-electron chi connectivity index (χ2n) is 8.00. The molecule has 0 spiro atoms. The molecule has 0 radical (unpaired) electrons. The van der Waals surface area contributed by atoms with Crippen molar-refractivity contribution in [3.05, 3.63) is 47.2 Å². The number of pyridine rings is 1. The second kappa shape index (κ2) is 7.01. The monoisotopic (exact) mass is 352 g/mol. The molecule has 26 heavy (non-hydrogen) atoms. The summed E-state index contributed by atoms with van der Waals surface area (Å²) in [4.78, 5) is 7.26. The Kier molecular flexibility index (Phi) is 4.72. The molecule has 1 aliphatic carbocycles. The lowest BCUT2D eigenvalue weighted by atomic mass is 9.84. The molecule has 1 atom stereocenters. The normalized spacial score (nSPS) is 20.7. The van der Waals surface area contributed by atoms with Crippen molar-refractivity contribution in [2.24, 2.45) is 5.92 Å². The van der Waals surface area contributed by atoms with Gasteiger partial charge in [-0.15, -0.1) is 0 Å². The molecule has 1 aromatic heterocycles. The maximum Gasteiger partial charge on any atom is 0.180 e. The number of rotatable bonds is 3. The molecule has 1 aliphatic heterocycles. The van der Waals surface area contributed by atoms with E-state index in [4.69, 9.17) is 4.98 Å². The fourth-order valence-electron chi connectivity index (χ4n) is 4.83. The van der Waals surface area contributed by atoms with E-state index in [1.165, 1.54) is 12.8 Å². The number of benzene rings is 1. The summed E-state index contributed by atoms with van der Waals surface area (Å²) in [6.45, 7) is 3.23. The Balaban J connectivity index is 2.02. The summed E-state index contributed by atoms with van der Waals surface area (Å²) < 4.78 is 0. The van der Waals surface area contributed by atoms with E-state index in [0.717, 1.165) is 54.0 Å². The van der Waals surface area contributed by atoms with Gasteiger partial charge >= 0.3 is 0 Å². The van der Waals surface area contributed by atoms with E-state index in [2.05, 4.69) is 31.0 Å². The van der Waals surface area contributed by atoms with Crippen LogP contribution in [-0.2, 0) is 6.42 Å². The molecule has 1 saturated carbocycles. The Morgan fingerprint density at radius 3 is 2.46 bits per heavy atom. The zero-order valence-corrected chi connectivity index (χ0v) is 15.7. The molecule has 0 saturated heterocycles. The average molecular weight is 352 g/mol. The minimum atomic E-state index is -1.50. The van der Waals surface area contributed by atoms with Gasteiger partial charge in [0.25, 0.3) is 0 Å². The molecule has 4 rings (SSSR count). The smallest absolute Gasteiger partial charge is 0.180 e. The third kappa shape index (κ3) is 3.01. The van der Waals surface area contributed by atoms with Crippen molar-refractivity contribution < 1.29 is 10.2 Å². The number of hydrogen-bond acceptors (Lipinski definition) is 4. The van der Waals surface area contributed by atoms with Crippen molar-refractivity contribution in [2.45, 2.75) is 51.2 Å². The Hall–Kier alpha value is -1.91. The lowest BCUT2D eigenvalue weighted by molar-refractivity contribution is -0.0432. The van der Waals surface area contributed by atoms with Gasteiger partial charge in [-0.2, -0.15) is 0 Å². The van der Waals surface area contributed by atoms with E-state index in [-0.39, 0.29) is 0 Å². The van der Waals surface area contributed by atoms with E-state index in [1.54, 1.807) is 0 Å². The van der Waals surface area contributed by atoms with Gasteiger partial charge in [0.05, 0.1) is 5.69 Å². The van der Waals surface area contributed by atoms with E-state index in [9.17, 15) is 10.2 Å². The molecule has 2 aromatic rings. The molecule has 1 unspecified atom stereocenters. The van der Waals surface area contributed by atoms with Gasteiger partial charge in [0, 0.05) is 30.6 Å². The molecule has 4 nitrogen and oxygen atoms in total. The lowest BCUT2D eigenvalue weighted by Crippen LogP contribution is -2.33. The summed E-state index contributed by atoms with van der Waals surface area (Å²) in [7, 11) is 2.10. The summed E-state index contributed by atoms with van der Waals surface area (Å²) in [6, 6.07) is 10.2. The minimum absolute atomic E-state index is 0.326. The fraction of sp³-hybridized carbons (Fsp3) is 0.500. The number of hydrogen-bond donors (Lipinski definition) is 2. The first kappa shape index (κ1) is 17.5. The van der Waals surface area contributed by atoms with E-state index < -0.39 is 6.29 Å². The van der Waals surface area contributed by atoms with E-state index in [0.29, 0.717) is 17.4 Å². The van der Waals surface area contributed by atoms with Gasteiger partial charge in [0.1, 0.15) is 5.82 Å². The molecule has 1 fully saturated rings. The molecule has 0 bridgehead atoms. The van der Waals surface area contributed by atoms with Gasteiger partial charge in [-0.3, -0.25) is 0 Å². The molecular formula is C22H28N2O2. The van der Waals surface area contributed by atoms with Crippen LogP contribution in [0.3, 0.4) is 0 Å². The van der Waals surface area contributed by atoms with Crippen LogP contribution >= 0.6 is 0 Å². The van der Waals surface area contributed by atoms with Crippen molar-refractivity contribution in [3.8, 4) is 11.1 Å². The highest BCUT2D eigenvalue weighted by molar-refractivity contribution is 5.78. The van der Waals surface area contributed by atoms with Crippen LogP contribution in [0.5, 0.6) is 0 Å². The topological polar surface area (TPSA) is 56.6 Å². The maximum atomic E-state index is 10.3. The van der Waals surface area contributed by atoms with Crippen LogP contribution in [0.1, 0.15) is 61.6 Å². The third-order valence-corrected chi connectivity index (χ3v) is 5.91. The van der Waals surface area contributed by atoms with Crippen LogP contribution in [0.15, 0.2) is 30.3 Å². The minimum Gasteiger partial charge on any atom is -0.364 e. The first-order valence-corrected chi connectivity index (χ1v) is 9.75. The molecule has 2 aliphatic rings. The summed E-state index contributed by atoms with van der Waals surface area (Å²) in [5.74, 6) is 1.86. The number of nitrogens with zero attached hydrogens (tertiary/aromatic N) is 2.